The van der Waals surface area contributed by atoms with Crippen molar-refractivity contribution in [1.82, 2.24) is 4.98 Å². The van der Waals surface area contributed by atoms with Gasteiger partial charge in [-0.25, -0.2) is 4.98 Å². The number of nitrogens with zero attached hydrogens (tertiary/aromatic N) is 2. The molecule has 0 unspecified atom stereocenters. The van der Waals surface area contributed by atoms with Crippen LogP contribution in [0, 0.1) is 10.1 Å². The molecule has 0 aliphatic rings. The number of aromatic nitrogens is 1. The maximum Gasteiger partial charge on any atom is 0.312 e. The van der Waals surface area contributed by atoms with E-state index in [1.165, 1.54) is 18.2 Å². The van der Waals surface area contributed by atoms with Gasteiger partial charge in [-0.15, -0.1) is 0 Å². The van der Waals surface area contributed by atoms with Crippen LogP contribution >= 0.6 is 23.2 Å². The van der Waals surface area contributed by atoms with Crippen LogP contribution in [-0.4, -0.2) is 9.91 Å². The minimum Gasteiger partial charge on any atom is -0.482 e. The summed E-state index contributed by atoms with van der Waals surface area (Å²) in [5.41, 5.74) is 0.459. The smallest absolute Gasteiger partial charge is 0.312 e. The summed E-state index contributed by atoms with van der Waals surface area (Å²) in [5, 5.41) is 11.5. The fourth-order valence-electron chi connectivity index (χ4n) is 1.44. The highest BCUT2D eigenvalue weighted by Gasteiger charge is 2.16. The number of pyridine rings is 1. The number of hydrogen-bond acceptors (Lipinski definition) is 4. The Bertz CT molecular complexity index is 620. The molecule has 0 aliphatic carbocycles. The van der Waals surface area contributed by atoms with Crippen LogP contribution in [0.1, 0.15) is 5.56 Å². The van der Waals surface area contributed by atoms with Crippen LogP contribution < -0.4 is 4.74 Å². The molecule has 0 spiro atoms. The molecule has 0 fully saturated rings. The minimum absolute atomic E-state index is 0.0924. The zero-order valence-corrected chi connectivity index (χ0v) is 11.1. The van der Waals surface area contributed by atoms with Crippen molar-refractivity contribution in [3.63, 3.8) is 0 Å². The molecule has 2 aromatic rings. The summed E-state index contributed by atoms with van der Waals surface area (Å²) in [7, 11) is 0. The highest BCUT2D eigenvalue weighted by atomic mass is 35.5. The lowest BCUT2D eigenvalue weighted by atomic mass is 10.3. The van der Waals surface area contributed by atoms with Crippen molar-refractivity contribution in [3.05, 3.63) is 62.4 Å². The van der Waals surface area contributed by atoms with Crippen LogP contribution in [0.15, 0.2) is 36.5 Å². The van der Waals surface area contributed by atoms with Crippen molar-refractivity contribution in [2.45, 2.75) is 6.61 Å². The number of halogens is 2. The first-order valence-electron chi connectivity index (χ1n) is 5.24. The molecule has 0 atom stereocenters. The lowest BCUT2D eigenvalue weighted by Gasteiger charge is -2.07. The summed E-state index contributed by atoms with van der Waals surface area (Å²) in [6.07, 6.45) is 1.55. The number of ether oxygens (including phenoxy) is 1. The molecule has 1 aromatic carbocycles. The van der Waals surface area contributed by atoms with Crippen LogP contribution in [-0.2, 0) is 6.61 Å². The lowest BCUT2D eigenvalue weighted by molar-refractivity contribution is -0.385. The van der Waals surface area contributed by atoms with E-state index < -0.39 is 4.92 Å². The van der Waals surface area contributed by atoms with Crippen LogP contribution in [0.5, 0.6) is 5.75 Å². The number of nitro groups is 1. The fourth-order valence-corrected chi connectivity index (χ4v) is 1.78. The first-order valence-corrected chi connectivity index (χ1v) is 5.99. The van der Waals surface area contributed by atoms with Crippen molar-refractivity contribution in [2.75, 3.05) is 0 Å². The summed E-state index contributed by atoms with van der Waals surface area (Å²) in [6.45, 7) is 0.0924. The molecule has 2 rings (SSSR count). The molecule has 19 heavy (non-hydrogen) atoms. The van der Waals surface area contributed by atoms with E-state index in [4.69, 9.17) is 27.9 Å². The Morgan fingerprint density at radius 3 is 2.79 bits per heavy atom. The van der Waals surface area contributed by atoms with Crippen molar-refractivity contribution >= 4 is 28.9 Å². The third kappa shape index (κ3) is 3.33. The van der Waals surface area contributed by atoms with Gasteiger partial charge in [-0.3, -0.25) is 10.1 Å². The second-order valence-electron chi connectivity index (χ2n) is 3.61. The van der Waals surface area contributed by atoms with Crippen molar-refractivity contribution in [3.8, 4) is 5.75 Å². The Kier molecular flexibility index (Phi) is 4.19. The van der Waals surface area contributed by atoms with Gasteiger partial charge in [0, 0.05) is 22.8 Å². The average Bonchev–Trinajstić information content (AvgIpc) is 2.38. The van der Waals surface area contributed by atoms with Crippen molar-refractivity contribution in [1.29, 1.82) is 0 Å². The van der Waals surface area contributed by atoms with Crippen molar-refractivity contribution < 1.29 is 9.66 Å². The lowest BCUT2D eigenvalue weighted by Crippen LogP contribution is -2.00. The molecule has 98 valence electrons. The molecule has 0 saturated heterocycles. The number of hydrogen-bond donors (Lipinski definition) is 0. The normalized spacial score (nSPS) is 10.2. The molecule has 1 aromatic heterocycles. The molecule has 7 heteroatoms. The molecule has 0 radical (unpaired) electrons. The Morgan fingerprint density at radius 2 is 2.11 bits per heavy atom. The van der Waals surface area contributed by atoms with Crippen LogP contribution in [0.2, 0.25) is 10.2 Å². The van der Waals surface area contributed by atoms with Gasteiger partial charge in [0.15, 0.2) is 5.75 Å². The van der Waals surface area contributed by atoms with E-state index in [0.717, 1.165) is 0 Å². The maximum atomic E-state index is 10.9. The number of benzene rings is 1. The Labute approximate surface area is 118 Å². The first-order chi connectivity index (χ1) is 9.08. The van der Waals surface area contributed by atoms with Gasteiger partial charge in [0.05, 0.1) is 4.92 Å². The first kappa shape index (κ1) is 13.6. The zero-order chi connectivity index (χ0) is 13.8. The highest BCUT2D eigenvalue weighted by molar-refractivity contribution is 6.31. The number of nitro benzene ring substituents is 1. The second-order valence-corrected chi connectivity index (χ2v) is 4.41. The van der Waals surface area contributed by atoms with Crippen LogP contribution in [0.3, 0.4) is 0 Å². The Balaban J connectivity index is 2.20. The minimum atomic E-state index is -0.550. The van der Waals surface area contributed by atoms with E-state index in [0.29, 0.717) is 10.7 Å². The van der Waals surface area contributed by atoms with E-state index in [1.807, 2.05) is 0 Å². The number of rotatable bonds is 4. The Morgan fingerprint density at radius 1 is 1.32 bits per heavy atom. The molecular weight excluding hydrogens is 291 g/mol. The monoisotopic (exact) mass is 298 g/mol. The topological polar surface area (TPSA) is 65.3 Å². The maximum absolute atomic E-state index is 10.9. The largest absolute Gasteiger partial charge is 0.482 e. The molecule has 1 heterocycles. The summed E-state index contributed by atoms with van der Waals surface area (Å²) in [5.74, 6) is 0.134. The second kappa shape index (κ2) is 5.86. The molecule has 5 nitrogen and oxygen atoms in total. The van der Waals surface area contributed by atoms with E-state index in [1.54, 1.807) is 18.3 Å². The molecule has 0 bridgehead atoms. The summed E-state index contributed by atoms with van der Waals surface area (Å²) in [6, 6.07) is 7.65. The van der Waals surface area contributed by atoms with Gasteiger partial charge in [0.2, 0.25) is 0 Å². The van der Waals surface area contributed by atoms with E-state index in [2.05, 4.69) is 4.98 Å². The van der Waals surface area contributed by atoms with E-state index in [-0.39, 0.29) is 23.1 Å². The van der Waals surface area contributed by atoms with Gasteiger partial charge in [-0.1, -0.05) is 29.3 Å². The summed E-state index contributed by atoms with van der Waals surface area (Å²) >= 11 is 11.6. The standard InChI is InChI=1S/C12H8Cl2N2O3/c13-9-3-4-11(10(6-9)16(17)18)19-7-8-2-1-5-15-12(8)14/h1-6H,7H2. The van der Waals surface area contributed by atoms with Crippen LogP contribution in [0.25, 0.3) is 0 Å². The predicted molar refractivity (Wildman–Crippen MR) is 71.7 cm³/mol. The van der Waals surface area contributed by atoms with E-state index in [9.17, 15) is 10.1 Å². The van der Waals surface area contributed by atoms with Gasteiger partial charge in [0.25, 0.3) is 0 Å². The van der Waals surface area contributed by atoms with Gasteiger partial charge in [-0.05, 0) is 18.2 Å². The van der Waals surface area contributed by atoms with Crippen LogP contribution in [0.4, 0.5) is 5.69 Å². The third-order valence-electron chi connectivity index (χ3n) is 2.34. The molecule has 0 aliphatic heterocycles. The molecule has 0 saturated carbocycles. The fraction of sp³-hybridized carbons (Fsp3) is 0.0833. The predicted octanol–water partition coefficient (Wildman–Crippen LogP) is 3.88. The summed E-state index contributed by atoms with van der Waals surface area (Å²) in [4.78, 5) is 14.2. The Hall–Kier alpha value is -1.85. The molecule has 0 N–H and O–H groups in total. The van der Waals surface area contributed by atoms with Gasteiger partial charge < -0.3 is 4.74 Å². The van der Waals surface area contributed by atoms with Gasteiger partial charge in [-0.2, -0.15) is 0 Å². The zero-order valence-electron chi connectivity index (χ0n) is 9.55. The third-order valence-corrected chi connectivity index (χ3v) is 2.91. The summed E-state index contributed by atoms with van der Waals surface area (Å²) < 4.78 is 5.40. The highest BCUT2D eigenvalue weighted by Crippen LogP contribution is 2.30. The van der Waals surface area contributed by atoms with Gasteiger partial charge >= 0.3 is 5.69 Å². The van der Waals surface area contributed by atoms with E-state index >= 15 is 0 Å². The quantitative estimate of drug-likeness (QED) is 0.488. The van der Waals surface area contributed by atoms with Crippen molar-refractivity contribution in [2.24, 2.45) is 0 Å². The molecule has 0 amide bonds. The SMILES string of the molecule is O=[N+]([O-])c1cc(Cl)ccc1OCc1cccnc1Cl. The molecular formula is C12H8Cl2N2O3. The van der Waals surface area contributed by atoms with Gasteiger partial charge in [0.1, 0.15) is 11.8 Å². The average molecular weight is 299 g/mol.